The van der Waals surface area contributed by atoms with Crippen molar-refractivity contribution < 1.29 is 9.47 Å². The predicted octanol–water partition coefficient (Wildman–Crippen LogP) is 4.13. The fraction of sp³-hybridized carbons (Fsp3) is 0.214. The number of ether oxygens (including phenoxy) is 2. The van der Waals surface area contributed by atoms with Crippen molar-refractivity contribution in [3.8, 4) is 11.5 Å². The number of aromatic nitrogens is 1. The molecule has 2 aromatic rings. The van der Waals surface area contributed by atoms with Crippen molar-refractivity contribution in [3.05, 3.63) is 45.7 Å². The van der Waals surface area contributed by atoms with E-state index in [1.807, 2.05) is 18.2 Å². The van der Waals surface area contributed by atoms with Gasteiger partial charge in [0.05, 0.1) is 14.2 Å². The molecule has 0 aliphatic heterocycles. The minimum Gasteiger partial charge on any atom is -0.493 e. The molecule has 0 saturated heterocycles. The van der Waals surface area contributed by atoms with E-state index in [2.05, 4.69) is 26.2 Å². The molecule has 0 aliphatic carbocycles. The van der Waals surface area contributed by atoms with Crippen LogP contribution < -0.4 is 14.8 Å². The summed E-state index contributed by atoms with van der Waals surface area (Å²) >= 11 is 9.37. The molecule has 0 aliphatic rings. The van der Waals surface area contributed by atoms with Crippen LogP contribution in [0.5, 0.6) is 11.5 Å². The number of pyridine rings is 1. The Morgan fingerprint density at radius 3 is 2.55 bits per heavy atom. The topological polar surface area (TPSA) is 43.4 Å². The Hall–Kier alpha value is -1.46. The number of rotatable bonds is 5. The Balaban J connectivity index is 2.17. The summed E-state index contributed by atoms with van der Waals surface area (Å²) in [6, 6.07) is 7.45. The monoisotopic (exact) mass is 356 g/mol. The third kappa shape index (κ3) is 3.55. The van der Waals surface area contributed by atoms with Crippen molar-refractivity contribution in [1.82, 2.24) is 4.98 Å². The number of benzene rings is 1. The molecule has 2 rings (SSSR count). The van der Waals surface area contributed by atoms with Crippen molar-refractivity contribution in [2.45, 2.75) is 6.54 Å². The van der Waals surface area contributed by atoms with E-state index in [9.17, 15) is 0 Å². The lowest BCUT2D eigenvalue weighted by Gasteiger charge is -2.13. The van der Waals surface area contributed by atoms with Gasteiger partial charge in [-0.15, -0.1) is 0 Å². The van der Waals surface area contributed by atoms with Crippen LogP contribution in [0.15, 0.2) is 34.9 Å². The highest BCUT2D eigenvalue weighted by atomic mass is 79.9. The maximum absolute atomic E-state index is 5.85. The van der Waals surface area contributed by atoms with Crippen molar-refractivity contribution in [3.63, 3.8) is 0 Å². The lowest BCUT2D eigenvalue weighted by atomic mass is 10.2. The molecule has 0 atom stereocenters. The van der Waals surface area contributed by atoms with Gasteiger partial charge in [0, 0.05) is 22.9 Å². The molecule has 1 aromatic carbocycles. The van der Waals surface area contributed by atoms with E-state index >= 15 is 0 Å². The van der Waals surface area contributed by atoms with Gasteiger partial charge in [-0.1, -0.05) is 27.5 Å². The van der Waals surface area contributed by atoms with Gasteiger partial charge in [0.25, 0.3) is 0 Å². The van der Waals surface area contributed by atoms with E-state index in [4.69, 9.17) is 21.1 Å². The summed E-state index contributed by atoms with van der Waals surface area (Å²) in [6.07, 6.45) is 1.66. The van der Waals surface area contributed by atoms with Crippen LogP contribution in [0.4, 0.5) is 5.69 Å². The first kappa shape index (κ1) is 14.9. The molecule has 4 nitrogen and oxygen atoms in total. The van der Waals surface area contributed by atoms with E-state index in [1.54, 1.807) is 26.5 Å². The normalized spacial score (nSPS) is 10.2. The largest absolute Gasteiger partial charge is 0.493 e. The summed E-state index contributed by atoms with van der Waals surface area (Å²) in [4.78, 5) is 3.94. The second-order valence-corrected chi connectivity index (χ2v) is 5.26. The first-order valence-electron chi connectivity index (χ1n) is 5.90. The molecule has 0 bridgehead atoms. The Kier molecular flexibility index (Phi) is 5.09. The Morgan fingerprint density at radius 2 is 1.90 bits per heavy atom. The zero-order valence-electron chi connectivity index (χ0n) is 11.1. The summed E-state index contributed by atoms with van der Waals surface area (Å²) in [5.41, 5.74) is 1.96. The van der Waals surface area contributed by atoms with Crippen LogP contribution >= 0.6 is 27.5 Å². The van der Waals surface area contributed by atoms with Crippen LogP contribution in [0.25, 0.3) is 0 Å². The molecule has 1 aromatic heterocycles. The van der Waals surface area contributed by atoms with Crippen LogP contribution in [0.1, 0.15) is 5.56 Å². The van der Waals surface area contributed by atoms with Crippen molar-refractivity contribution in [2.75, 3.05) is 19.5 Å². The number of halogens is 2. The molecular formula is C14H14BrClN2O2. The summed E-state index contributed by atoms with van der Waals surface area (Å²) < 4.78 is 11.5. The molecule has 106 valence electrons. The van der Waals surface area contributed by atoms with Crippen LogP contribution in [0, 0.1) is 0 Å². The average Bonchev–Trinajstić information content (AvgIpc) is 2.45. The number of hydrogen-bond acceptors (Lipinski definition) is 4. The molecule has 0 spiro atoms. The quantitative estimate of drug-likeness (QED) is 0.817. The number of nitrogens with one attached hydrogen (secondary N) is 1. The molecule has 6 heteroatoms. The standard InChI is InChI=1S/C14H14BrClN2O2/c1-19-12-5-9(11(15)7-13(12)20-2)8-18-10-3-4-17-14(16)6-10/h3-7H,8H2,1-2H3,(H,17,18). The molecule has 0 radical (unpaired) electrons. The summed E-state index contributed by atoms with van der Waals surface area (Å²) in [6.45, 7) is 0.626. The van der Waals surface area contributed by atoms with Crippen molar-refractivity contribution >= 4 is 33.2 Å². The smallest absolute Gasteiger partial charge is 0.161 e. The Morgan fingerprint density at radius 1 is 1.20 bits per heavy atom. The lowest BCUT2D eigenvalue weighted by Crippen LogP contribution is -2.02. The van der Waals surface area contributed by atoms with Gasteiger partial charge in [-0.3, -0.25) is 0 Å². The Labute approximate surface area is 131 Å². The summed E-state index contributed by atoms with van der Waals surface area (Å²) in [5, 5.41) is 3.74. The first-order chi connectivity index (χ1) is 9.63. The number of anilines is 1. The number of methoxy groups -OCH3 is 2. The third-order valence-corrected chi connectivity index (χ3v) is 3.71. The molecule has 0 unspecified atom stereocenters. The SMILES string of the molecule is COc1cc(Br)c(CNc2ccnc(Cl)c2)cc1OC. The minimum atomic E-state index is 0.460. The molecule has 0 saturated carbocycles. The maximum atomic E-state index is 5.85. The average molecular weight is 358 g/mol. The summed E-state index contributed by atoms with van der Waals surface area (Å²) in [7, 11) is 3.23. The molecule has 0 fully saturated rings. The van der Waals surface area contributed by atoms with Gasteiger partial charge in [0.15, 0.2) is 11.5 Å². The predicted molar refractivity (Wildman–Crippen MR) is 83.8 cm³/mol. The molecule has 0 amide bonds. The van der Waals surface area contributed by atoms with Crippen LogP contribution in [-0.4, -0.2) is 19.2 Å². The van der Waals surface area contributed by atoms with Gasteiger partial charge >= 0.3 is 0 Å². The van der Waals surface area contributed by atoms with Gasteiger partial charge in [-0.25, -0.2) is 4.98 Å². The van der Waals surface area contributed by atoms with E-state index in [1.165, 1.54) is 0 Å². The van der Waals surface area contributed by atoms with Gasteiger partial charge in [0.1, 0.15) is 5.15 Å². The third-order valence-electron chi connectivity index (χ3n) is 2.76. The molecule has 1 N–H and O–H groups in total. The number of nitrogens with zero attached hydrogens (tertiary/aromatic N) is 1. The highest BCUT2D eigenvalue weighted by molar-refractivity contribution is 9.10. The number of hydrogen-bond donors (Lipinski definition) is 1. The van der Waals surface area contributed by atoms with Gasteiger partial charge < -0.3 is 14.8 Å². The highest BCUT2D eigenvalue weighted by Crippen LogP contribution is 2.33. The minimum absolute atomic E-state index is 0.460. The fourth-order valence-corrected chi connectivity index (χ4v) is 2.38. The summed E-state index contributed by atoms with van der Waals surface area (Å²) in [5.74, 6) is 1.38. The highest BCUT2D eigenvalue weighted by Gasteiger charge is 2.09. The second kappa shape index (κ2) is 6.81. The molecule has 20 heavy (non-hydrogen) atoms. The van der Waals surface area contributed by atoms with Gasteiger partial charge in [-0.05, 0) is 29.8 Å². The van der Waals surface area contributed by atoms with Gasteiger partial charge in [-0.2, -0.15) is 0 Å². The van der Waals surface area contributed by atoms with Gasteiger partial charge in [0.2, 0.25) is 0 Å². The zero-order valence-corrected chi connectivity index (χ0v) is 13.5. The lowest BCUT2D eigenvalue weighted by molar-refractivity contribution is 0.354. The van der Waals surface area contributed by atoms with Crippen molar-refractivity contribution in [2.24, 2.45) is 0 Å². The zero-order chi connectivity index (χ0) is 14.5. The van der Waals surface area contributed by atoms with E-state index in [0.717, 1.165) is 15.7 Å². The molecular weight excluding hydrogens is 344 g/mol. The van der Waals surface area contributed by atoms with Crippen LogP contribution in [0.2, 0.25) is 5.15 Å². The second-order valence-electron chi connectivity index (χ2n) is 4.02. The molecule has 1 heterocycles. The maximum Gasteiger partial charge on any atom is 0.161 e. The van der Waals surface area contributed by atoms with E-state index in [-0.39, 0.29) is 0 Å². The first-order valence-corrected chi connectivity index (χ1v) is 7.07. The van der Waals surface area contributed by atoms with Crippen molar-refractivity contribution in [1.29, 1.82) is 0 Å². The van der Waals surface area contributed by atoms with Crippen LogP contribution in [-0.2, 0) is 6.54 Å². The fourth-order valence-electron chi connectivity index (χ4n) is 1.74. The van der Waals surface area contributed by atoms with E-state index < -0.39 is 0 Å². The van der Waals surface area contributed by atoms with Crippen LogP contribution in [0.3, 0.4) is 0 Å². The Bertz CT molecular complexity index is 608. The van der Waals surface area contributed by atoms with E-state index in [0.29, 0.717) is 23.2 Å².